The van der Waals surface area contributed by atoms with Crippen molar-refractivity contribution in [3.05, 3.63) is 11.6 Å². The van der Waals surface area contributed by atoms with E-state index in [0.717, 1.165) is 25.7 Å². The Morgan fingerprint density at radius 2 is 1.91 bits per heavy atom. The Kier molecular flexibility index (Phi) is 6.09. The molecule has 5 nitrogen and oxygen atoms in total. The topological polar surface area (TPSA) is 48.0 Å². The standard InChI is InChI=1S/C18H31NO4/c1-6-21-16(22-7-2)12-13-10-14-8-9-15(11-13)19(14)17(20)23-18(3,4)5/h10,14-16H,6-9,11-12H2,1-5H3. The van der Waals surface area contributed by atoms with Gasteiger partial charge in [0.2, 0.25) is 0 Å². The number of hydrogen-bond donors (Lipinski definition) is 0. The second-order valence-corrected chi connectivity index (χ2v) is 7.26. The molecule has 2 rings (SSSR count). The number of nitrogens with zero attached hydrogens (tertiary/aromatic N) is 1. The summed E-state index contributed by atoms with van der Waals surface area (Å²) in [5, 5.41) is 0. The van der Waals surface area contributed by atoms with Gasteiger partial charge in [-0.05, 0) is 53.9 Å². The molecule has 2 heterocycles. The van der Waals surface area contributed by atoms with E-state index in [1.54, 1.807) is 0 Å². The molecule has 0 radical (unpaired) electrons. The van der Waals surface area contributed by atoms with Crippen molar-refractivity contribution in [2.24, 2.45) is 0 Å². The molecule has 0 saturated carbocycles. The predicted octanol–water partition coefficient (Wildman–Crippen LogP) is 3.87. The highest BCUT2D eigenvalue weighted by molar-refractivity contribution is 5.70. The summed E-state index contributed by atoms with van der Waals surface area (Å²) in [6, 6.07) is 0.404. The van der Waals surface area contributed by atoms with E-state index in [-0.39, 0.29) is 24.5 Å². The Labute approximate surface area is 140 Å². The third kappa shape index (κ3) is 4.95. The fourth-order valence-electron chi connectivity index (χ4n) is 3.42. The van der Waals surface area contributed by atoms with Gasteiger partial charge in [-0.25, -0.2) is 4.79 Å². The quantitative estimate of drug-likeness (QED) is 0.549. The van der Waals surface area contributed by atoms with Crippen molar-refractivity contribution in [2.45, 2.75) is 84.3 Å². The number of carbonyl (C=O) groups is 1. The van der Waals surface area contributed by atoms with Crippen LogP contribution in [0.1, 0.15) is 60.3 Å². The van der Waals surface area contributed by atoms with Crippen molar-refractivity contribution < 1.29 is 19.0 Å². The van der Waals surface area contributed by atoms with Crippen molar-refractivity contribution in [2.75, 3.05) is 13.2 Å². The van der Waals surface area contributed by atoms with E-state index >= 15 is 0 Å². The van der Waals surface area contributed by atoms with Crippen molar-refractivity contribution >= 4 is 6.09 Å². The lowest BCUT2D eigenvalue weighted by Gasteiger charge is -2.36. The van der Waals surface area contributed by atoms with Gasteiger partial charge in [-0.15, -0.1) is 0 Å². The summed E-state index contributed by atoms with van der Waals surface area (Å²) in [7, 11) is 0. The highest BCUT2D eigenvalue weighted by Crippen LogP contribution is 2.37. The van der Waals surface area contributed by atoms with Crippen molar-refractivity contribution in [1.82, 2.24) is 4.90 Å². The first kappa shape index (κ1) is 18.3. The first-order valence-electron chi connectivity index (χ1n) is 8.78. The summed E-state index contributed by atoms with van der Waals surface area (Å²) in [4.78, 5) is 14.4. The molecule has 1 saturated heterocycles. The van der Waals surface area contributed by atoms with Gasteiger partial charge in [-0.3, -0.25) is 4.90 Å². The van der Waals surface area contributed by atoms with E-state index < -0.39 is 5.60 Å². The molecule has 2 aliphatic rings. The largest absolute Gasteiger partial charge is 0.444 e. The second-order valence-electron chi connectivity index (χ2n) is 7.26. The molecule has 2 bridgehead atoms. The maximum Gasteiger partial charge on any atom is 0.411 e. The maximum atomic E-state index is 12.4. The molecule has 0 aromatic heterocycles. The van der Waals surface area contributed by atoms with Gasteiger partial charge < -0.3 is 14.2 Å². The zero-order valence-electron chi connectivity index (χ0n) is 15.1. The molecular weight excluding hydrogens is 294 g/mol. The molecule has 1 amide bonds. The summed E-state index contributed by atoms with van der Waals surface area (Å²) >= 11 is 0. The number of ether oxygens (including phenoxy) is 3. The lowest BCUT2D eigenvalue weighted by molar-refractivity contribution is -0.135. The van der Waals surface area contributed by atoms with E-state index in [2.05, 4.69) is 6.08 Å². The van der Waals surface area contributed by atoms with Gasteiger partial charge in [0, 0.05) is 25.7 Å². The number of amides is 1. The Morgan fingerprint density at radius 3 is 2.43 bits per heavy atom. The SMILES string of the molecule is CCOC(CC1=CC2CCC(C1)N2C(=O)OC(C)(C)C)OCC. The van der Waals surface area contributed by atoms with Crippen molar-refractivity contribution in [3.8, 4) is 0 Å². The van der Waals surface area contributed by atoms with Crippen LogP contribution in [0.15, 0.2) is 11.6 Å². The van der Waals surface area contributed by atoms with Gasteiger partial charge in [0.05, 0.1) is 6.04 Å². The molecule has 2 unspecified atom stereocenters. The molecule has 1 fully saturated rings. The Hall–Kier alpha value is -1.07. The first-order valence-corrected chi connectivity index (χ1v) is 8.78. The minimum Gasteiger partial charge on any atom is -0.444 e. The molecule has 23 heavy (non-hydrogen) atoms. The number of rotatable bonds is 6. The molecule has 0 aromatic rings. The molecule has 0 aliphatic carbocycles. The smallest absolute Gasteiger partial charge is 0.411 e. The van der Waals surface area contributed by atoms with Gasteiger partial charge >= 0.3 is 6.09 Å². The number of carbonyl (C=O) groups excluding carboxylic acids is 1. The second kappa shape index (κ2) is 7.67. The Bertz CT molecular complexity index is 435. The molecule has 2 atom stereocenters. The van der Waals surface area contributed by atoms with E-state index in [1.165, 1.54) is 5.57 Å². The van der Waals surface area contributed by atoms with Crippen LogP contribution in [0.25, 0.3) is 0 Å². The average Bonchev–Trinajstić information content (AvgIpc) is 2.69. The normalized spacial score (nSPS) is 24.1. The van der Waals surface area contributed by atoms with Gasteiger partial charge in [0.25, 0.3) is 0 Å². The van der Waals surface area contributed by atoms with Crippen LogP contribution >= 0.6 is 0 Å². The number of hydrogen-bond acceptors (Lipinski definition) is 4. The van der Waals surface area contributed by atoms with Crippen LogP contribution in [0.3, 0.4) is 0 Å². The Morgan fingerprint density at radius 1 is 1.26 bits per heavy atom. The minimum absolute atomic E-state index is 0.155. The van der Waals surface area contributed by atoms with Crippen LogP contribution in [0.4, 0.5) is 4.79 Å². The summed E-state index contributed by atoms with van der Waals surface area (Å²) in [5.41, 5.74) is 0.888. The lowest BCUT2D eigenvalue weighted by Crippen LogP contribution is -2.46. The molecule has 132 valence electrons. The van der Waals surface area contributed by atoms with Gasteiger partial charge in [-0.2, -0.15) is 0 Å². The highest BCUT2D eigenvalue weighted by atomic mass is 16.7. The summed E-state index contributed by atoms with van der Waals surface area (Å²) < 4.78 is 16.9. The minimum atomic E-state index is -0.449. The van der Waals surface area contributed by atoms with Crippen LogP contribution in [-0.2, 0) is 14.2 Å². The molecule has 0 aromatic carbocycles. The van der Waals surface area contributed by atoms with Gasteiger partial charge in [-0.1, -0.05) is 11.6 Å². The maximum absolute atomic E-state index is 12.4. The average molecular weight is 325 g/mol. The van der Waals surface area contributed by atoms with Crippen molar-refractivity contribution in [3.63, 3.8) is 0 Å². The van der Waals surface area contributed by atoms with Gasteiger partial charge in [0.1, 0.15) is 5.60 Å². The third-order valence-corrected chi connectivity index (χ3v) is 4.21. The van der Waals surface area contributed by atoms with Gasteiger partial charge in [0.15, 0.2) is 6.29 Å². The summed E-state index contributed by atoms with van der Waals surface area (Å²) in [6.07, 6.45) is 5.59. The summed E-state index contributed by atoms with van der Waals surface area (Å²) in [5.74, 6) is 0. The first-order chi connectivity index (χ1) is 10.8. The van der Waals surface area contributed by atoms with Crippen LogP contribution in [0.5, 0.6) is 0 Å². The van der Waals surface area contributed by atoms with Crippen LogP contribution < -0.4 is 0 Å². The van der Waals surface area contributed by atoms with E-state index in [0.29, 0.717) is 13.2 Å². The number of fused-ring (bicyclic) bond motifs is 2. The molecular formula is C18H31NO4. The fourth-order valence-corrected chi connectivity index (χ4v) is 3.42. The van der Waals surface area contributed by atoms with Crippen LogP contribution in [-0.4, -0.2) is 48.2 Å². The molecule has 2 aliphatic heterocycles. The lowest BCUT2D eigenvalue weighted by atomic mass is 9.98. The highest BCUT2D eigenvalue weighted by Gasteiger charge is 2.41. The van der Waals surface area contributed by atoms with Crippen molar-refractivity contribution in [1.29, 1.82) is 0 Å². The Balaban J connectivity index is 2.01. The molecule has 0 N–H and O–H groups in total. The predicted molar refractivity (Wildman–Crippen MR) is 89.2 cm³/mol. The van der Waals surface area contributed by atoms with E-state index in [9.17, 15) is 4.79 Å². The molecule has 0 spiro atoms. The molecule has 5 heteroatoms. The van der Waals surface area contributed by atoms with E-state index in [1.807, 2.05) is 39.5 Å². The third-order valence-electron chi connectivity index (χ3n) is 4.21. The van der Waals surface area contributed by atoms with E-state index in [4.69, 9.17) is 14.2 Å². The zero-order chi connectivity index (χ0) is 17.0. The van der Waals surface area contributed by atoms with Crippen LogP contribution in [0, 0.1) is 0 Å². The monoisotopic (exact) mass is 325 g/mol. The fraction of sp³-hybridized carbons (Fsp3) is 0.833. The zero-order valence-corrected chi connectivity index (χ0v) is 15.1. The van der Waals surface area contributed by atoms with Crippen LogP contribution in [0.2, 0.25) is 0 Å². The summed E-state index contributed by atoms with van der Waals surface area (Å²) in [6.45, 7) is 11.0.